The minimum Gasteiger partial charge on any atom is -0.322 e. The molecule has 0 radical (unpaired) electrons. The molecule has 0 fully saturated rings. The van der Waals surface area contributed by atoms with Crippen LogP contribution < -0.4 is 11.0 Å². The van der Waals surface area contributed by atoms with Crippen LogP contribution in [0.1, 0.15) is 21.7 Å². The lowest BCUT2D eigenvalue weighted by Crippen LogP contribution is -2.19. The number of rotatable bonds is 2. The number of carbonyl (C=O) groups is 1. The molecule has 0 saturated heterocycles. The smallest absolute Gasteiger partial charge is 0.322 e. The third kappa shape index (κ3) is 2.52. The Labute approximate surface area is 155 Å². The highest BCUT2D eigenvalue weighted by molar-refractivity contribution is 6.13. The first kappa shape index (κ1) is 17.0. The molecule has 0 spiro atoms. The summed E-state index contributed by atoms with van der Waals surface area (Å²) >= 11 is 0. The van der Waals surface area contributed by atoms with E-state index in [4.69, 9.17) is 0 Å². The fraction of sp³-hybridized carbons (Fsp3) is 0.263. The highest BCUT2D eigenvalue weighted by Crippen LogP contribution is 2.24. The predicted molar refractivity (Wildman–Crippen MR) is 104 cm³/mol. The summed E-state index contributed by atoms with van der Waals surface area (Å²) in [5.74, 6) is -0.234. The van der Waals surface area contributed by atoms with E-state index in [9.17, 15) is 9.59 Å². The number of amides is 1. The topological polar surface area (TPSA) is 86.7 Å². The van der Waals surface area contributed by atoms with Gasteiger partial charge in [0.2, 0.25) is 0 Å². The molecule has 138 valence electrons. The maximum absolute atomic E-state index is 13.0. The van der Waals surface area contributed by atoms with Crippen molar-refractivity contribution in [3.05, 3.63) is 51.7 Å². The Morgan fingerprint density at radius 2 is 1.74 bits per heavy atom. The number of hydrogen-bond donors (Lipinski definition) is 1. The van der Waals surface area contributed by atoms with E-state index in [2.05, 4.69) is 15.4 Å². The largest absolute Gasteiger partial charge is 0.328 e. The summed E-state index contributed by atoms with van der Waals surface area (Å²) in [7, 11) is 5.25. The van der Waals surface area contributed by atoms with Crippen LogP contribution in [-0.4, -0.2) is 29.8 Å². The molecule has 3 heterocycles. The standard InChI is InChI=1S/C19H20N6O2/c1-10-8-13(16-11(2)22-25(5)17(16)20-10)18(26)21-12-6-7-14-15(9-12)24(4)19(27)23(14)3/h6-9H,1-5H3,(H,21,26). The molecule has 27 heavy (non-hydrogen) atoms. The molecule has 4 aromatic rings. The molecule has 0 bridgehead atoms. The Balaban J connectivity index is 1.79. The summed E-state index contributed by atoms with van der Waals surface area (Å²) in [5.41, 5.74) is 4.80. The van der Waals surface area contributed by atoms with Crippen LogP contribution in [0.5, 0.6) is 0 Å². The number of pyridine rings is 1. The van der Waals surface area contributed by atoms with Crippen molar-refractivity contribution >= 4 is 33.7 Å². The second kappa shape index (κ2) is 5.80. The number of benzene rings is 1. The van der Waals surface area contributed by atoms with Crippen molar-refractivity contribution in [1.82, 2.24) is 23.9 Å². The Morgan fingerprint density at radius 3 is 2.48 bits per heavy atom. The van der Waals surface area contributed by atoms with Crippen molar-refractivity contribution in [1.29, 1.82) is 0 Å². The molecule has 0 saturated carbocycles. The number of aromatic nitrogens is 5. The van der Waals surface area contributed by atoms with Crippen LogP contribution in [0, 0.1) is 13.8 Å². The van der Waals surface area contributed by atoms with E-state index < -0.39 is 0 Å². The first-order valence-electron chi connectivity index (χ1n) is 8.55. The van der Waals surface area contributed by atoms with E-state index in [0.717, 1.165) is 27.8 Å². The SMILES string of the molecule is Cc1cc(C(=O)Nc2ccc3c(c2)n(C)c(=O)n3C)c2c(C)nn(C)c2n1. The normalized spacial score (nSPS) is 11.4. The number of aryl methyl sites for hydroxylation is 5. The van der Waals surface area contributed by atoms with Crippen LogP contribution in [0.25, 0.3) is 22.1 Å². The van der Waals surface area contributed by atoms with Crippen molar-refractivity contribution in [2.75, 3.05) is 5.32 Å². The van der Waals surface area contributed by atoms with Gasteiger partial charge in [0.1, 0.15) is 0 Å². The summed E-state index contributed by atoms with van der Waals surface area (Å²) in [6, 6.07) is 7.19. The second-order valence-corrected chi connectivity index (χ2v) is 6.78. The van der Waals surface area contributed by atoms with E-state index in [1.807, 2.05) is 27.0 Å². The van der Waals surface area contributed by atoms with Gasteiger partial charge in [0.25, 0.3) is 5.91 Å². The Bertz CT molecular complexity index is 1290. The van der Waals surface area contributed by atoms with Crippen LogP contribution in [0.2, 0.25) is 0 Å². The summed E-state index contributed by atoms with van der Waals surface area (Å²) in [5, 5.41) is 8.06. The van der Waals surface area contributed by atoms with Gasteiger partial charge in [0.15, 0.2) is 5.65 Å². The van der Waals surface area contributed by atoms with Crippen LogP contribution in [0.4, 0.5) is 5.69 Å². The average Bonchev–Trinajstić information content (AvgIpc) is 3.03. The minimum absolute atomic E-state index is 0.106. The molecular formula is C19H20N6O2. The van der Waals surface area contributed by atoms with Gasteiger partial charge < -0.3 is 5.32 Å². The second-order valence-electron chi connectivity index (χ2n) is 6.78. The van der Waals surface area contributed by atoms with Gasteiger partial charge in [-0.2, -0.15) is 5.10 Å². The Hall–Kier alpha value is -3.42. The van der Waals surface area contributed by atoms with Crippen molar-refractivity contribution in [2.45, 2.75) is 13.8 Å². The summed E-state index contributed by atoms with van der Waals surface area (Å²) < 4.78 is 4.82. The molecule has 0 aliphatic carbocycles. The fourth-order valence-corrected chi connectivity index (χ4v) is 3.53. The summed E-state index contributed by atoms with van der Waals surface area (Å²) in [4.78, 5) is 29.6. The van der Waals surface area contributed by atoms with Gasteiger partial charge in [-0.1, -0.05) is 0 Å². The van der Waals surface area contributed by atoms with Crippen molar-refractivity contribution in [2.24, 2.45) is 21.1 Å². The van der Waals surface area contributed by atoms with Crippen LogP contribution >= 0.6 is 0 Å². The molecule has 0 atom stereocenters. The highest BCUT2D eigenvalue weighted by Gasteiger charge is 2.18. The number of anilines is 1. The third-order valence-electron chi connectivity index (χ3n) is 4.87. The van der Waals surface area contributed by atoms with Gasteiger partial charge in [0, 0.05) is 32.5 Å². The van der Waals surface area contributed by atoms with Gasteiger partial charge in [0.05, 0.1) is 27.7 Å². The number of nitrogens with one attached hydrogen (secondary N) is 1. The van der Waals surface area contributed by atoms with E-state index in [1.165, 1.54) is 0 Å². The first-order valence-corrected chi connectivity index (χ1v) is 8.55. The number of hydrogen-bond acceptors (Lipinski definition) is 4. The Kier molecular flexibility index (Phi) is 3.66. The fourth-order valence-electron chi connectivity index (χ4n) is 3.53. The number of fused-ring (bicyclic) bond motifs is 2. The zero-order chi connectivity index (χ0) is 19.5. The van der Waals surface area contributed by atoms with Gasteiger partial charge >= 0.3 is 5.69 Å². The average molecular weight is 364 g/mol. The number of imidazole rings is 1. The third-order valence-corrected chi connectivity index (χ3v) is 4.87. The molecule has 1 aromatic carbocycles. The summed E-state index contributed by atoms with van der Waals surface area (Å²) in [6.07, 6.45) is 0. The van der Waals surface area contributed by atoms with Crippen molar-refractivity contribution in [3.63, 3.8) is 0 Å². The van der Waals surface area contributed by atoms with E-state index in [-0.39, 0.29) is 11.6 Å². The molecule has 3 aromatic heterocycles. The zero-order valence-electron chi connectivity index (χ0n) is 15.9. The molecule has 0 unspecified atom stereocenters. The number of nitrogens with zero attached hydrogens (tertiary/aromatic N) is 5. The monoisotopic (exact) mass is 364 g/mol. The minimum atomic E-state index is -0.234. The van der Waals surface area contributed by atoms with E-state index >= 15 is 0 Å². The molecule has 1 N–H and O–H groups in total. The maximum Gasteiger partial charge on any atom is 0.328 e. The van der Waals surface area contributed by atoms with Crippen LogP contribution in [-0.2, 0) is 21.1 Å². The summed E-state index contributed by atoms with van der Waals surface area (Å²) in [6.45, 7) is 3.71. The quantitative estimate of drug-likeness (QED) is 0.590. The highest BCUT2D eigenvalue weighted by atomic mass is 16.2. The lowest BCUT2D eigenvalue weighted by atomic mass is 10.1. The van der Waals surface area contributed by atoms with Crippen LogP contribution in [0.15, 0.2) is 29.1 Å². The van der Waals surface area contributed by atoms with Gasteiger partial charge in [-0.05, 0) is 38.1 Å². The van der Waals surface area contributed by atoms with E-state index in [0.29, 0.717) is 16.9 Å². The molecule has 8 nitrogen and oxygen atoms in total. The molecule has 8 heteroatoms. The van der Waals surface area contributed by atoms with Gasteiger partial charge in [-0.15, -0.1) is 0 Å². The maximum atomic E-state index is 13.0. The molecule has 0 aliphatic heterocycles. The first-order chi connectivity index (χ1) is 12.8. The molecule has 1 amide bonds. The Morgan fingerprint density at radius 1 is 1.04 bits per heavy atom. The molecule has 0 aliphatic rings. The van der Waals surface area contributed by atoms with E-state index in [1.54, 1.807) is 46.1 Å². The number of carbonyl (C=O) groups excluding carboxylic acids is 1. The van der Waals surface area contributed by atoms with Gasteiger partial charge in [-0.3, -0.25) is 18.6 Å². The van der Waals surface area contributed by atoms with Crippen molar-refractivity contribution in [3.8, 4) is 0 Å². The lowest BCUT2D eigenvalue weighted by molar-refractivity contribution is 0.102. The van der Waals surface area contributed by atoms with Gasteiger partial charge in [-0.25, -0.2) is 9.78 Å². The zero-order valence-corrected chi connectivity index (χ0v) is 15.9. The van der Waals surface area contributed by atoms with Crippen LogP contribution in [0.3, 0.4) is 0 Å². The molecular weight excluding hydrogens is 344 g/mol. The predicted octanol–water partition coefficient (Wildman–Crippen LogP) is 2.03. The molecule has 4 rings (SSSR count). The van der Waals surface area contributed by atoms with Crippen molar-refractivity contribution < 1.29 is 4.79 Å². The lowest BCUT2D eigenvalue weighted by Gasteiger charge is -2.08.